The maximum Gasteiger partial charge on any atom is 0.264 e. The Morgan fingerprint density at radius 2 is 1.94 bits per heavy atom. The molecule has 1 amide bonds. The molecule has 8 nitrogen and oxygen atoms in total. The summed E-state index contributed by atoms with van der Waals surface area (Å²) in [5.74, 6) is 0.149. The van der Waals surface area contributed by atoms with Crippen molar-refractivity contribution in [1.29, 1.82) is 0 Å². The van der Waals surface area contributed by atoms with Crippen LogP contribution in [0.1, 0.15) is 35.7 Å². The number of hydrogen-bond donors (Lipinski definition) is 1. The second kappa shape index (κ2) is 10.7. The van der Waals surface area contributed by atoms with Gasteiger partial charge in [0.2, 0.25) is 0 Å². The van der Waals surface area contributed by atoms with Crippen LogP contribution >= 0.6 is 0 Å². The molecule has 0 radical (unpaired) electrons. The predicted octanol–water partition coefficient (Wildman–Crippen LogP) is 3.39. The van der Waals surface area contributed by atoms with Gasteiger partial charge in [0.15, 0.2) is 5.65 Å². The Balaban J connectivity index is 1.36. The van der Waals surface area contributed by atoms with Crippen LogP contribution in [0.2, 0.25) is 0 Å². The number of amides is 1. The van der Waals surface area contributed by atoms with Crippen LogP contribution in [0, 0.1) is 5.82 Å². The fraction of sp³-hybridized carbons (Fsp3) is 0.280. The first-order valence-corrected chi connectivity index (χ1v) is 11.2. The van der Waals surface area contributed by atoms with Gasteiger partial charge in [-0.1, -0.05) is 31.5 Å². The van der Waals surface area contributed by atoms with E-state index < -0.39 is 0 Å². The van der Waals surface area contributed by atoms with Crippen molar-refractivity contribution in [2.24, 2.45) is 0 Å². The van der Waals surface area contributed by atoms with Crippen molar-refractivity contribution in [1.82, 2.24) is 24.6 Å². The van der Waals surface area contributed by atoms with Gasteiger partial charge in [-0.05, 0) is 36.8 Å². The smallest absolute Gasteiger partial charge is 0.264 e. The zero-order chi connectivity index (χ0) is 23.9. The number of carbonyl (C=O) groups is 1. The highest BCUT2D eigenvalue weighted by molar-refractivity contribution is 5.94. The number of carbonyl (C=O) groups excluding carboxylic acids is 1. The Bertz CT molecular complexity index is 1330. The summed E-state index contributed by atoms with van der Waals surface area (Å²) < 4.78 is 22.5. The number of aromatic nitrogens is 4. The van der Waals surface area contributed by atoms with Crippen molar-refractivity contribution in [3.63, 3.8) is 0 Å². The van der Waals surface area contributed by atoms with Gasteiger partial charge in [0.1, 0.15) is 23.3 Å². The number of unbranched alkanes of at least 4 members (excludes halogenated alkanes) is 1. The third kappa shape index (κ3) is 5.31. The van der Waals surface area contributed by atoms with Crippen molar-refractivity contribution in [3.05, 3.63) is 88.4 Å². The number of rotatable bonds is 10. The molecule has 4 aromatic rings. The van der Waals surface area contributed by atoms with Crippen LogP contribution in [0.4, 0.5) is 4.39 Å². The average Bonchev–Trinajstić information content (AvgIpc) is 3.26. The quantitative estimate of drug-likeness (QED) is 0.364. The summed E-state index contributed by atoms with van der Waals surface area (Å²) >= 11 is 0. The van der Waals surface area contributed by atoms with E-state index >= 15 is 0 Å². The highest BCUT2D eigenvalue weighted by Gasteiger charge is 2.12. The molecule has 2 aromatic heterocycles. The summed E-state index contributed by atoms with van der Waals surface area (Å²) in [6, 6.07) is 13.3. The fourth-order valence-corrected chi connectivity index (χ4v) is 3.50. The molecular formula is C25H26FN5O3. The number of halogens is 1. The van der Waals surface area contributed by atoms with Crippen molar-refractivity contribution in [2.45, 2.75) is 32.9 Å². The lowest BCUT2D eigenvalue weighted by molar-refractivity contribution is 0.0952. The molecule has 0 spiro atoms. The topological polar surface area (TPSA) is 91.0 Å². The van der Waals surface area contributed by atoms with Crippen LogP contribution in [0.5, 0.6) is 5.75 Å². The molecule has 0 saturated carbocycles. The molecule has 0 bridgehead atoms. The minimum atomic E-state index is -0.375. The normalized spacial score (nSPS) is 11.0. The summed E-state index contributed by atoms with van der Waals surface area (Å²) in [5.41, 5.74) is 1.05. The Hall–Kier alpha value is -4.01. The Morgan fingerprint density at radius 3 is 2.71 bits per heavy atom. The van der Waals surface area contributed by atoms with Crippen LogP contribution in [0.15, 0.2) is 65.8 Å². The van der Waals surface area contributed by atoms with Crippen LogP contribution in [-0.4, -0.2) is 38.4 Å². The zero-order valence-corrected chi connectivity index (χ0v) is 18.9. The largest absolute Gasteiger partial charge is 0.494 e. The summed E-state index contributed by atoms with van der Waals surface area (Å²) in [6.45, 7) is 3.49. The summed E-state index contributed by atoms with van der Waals surface area (Å²) in [7, 11) is 0. The van der Waals surface area contributed by atoms with E-state index in [0.717, 1.165) is 18.6 Å². The van der Waals surface area contributed by atoms with Crippen LogP contribution in [-0.2, 0) is 13.1 Å². The molecule has 0 aliphatic heterocycles. The molecular weight excluding hydrogens is 437 g/mol. The fourth-order valence-electron chi connectivity index (χ4n) is 3.50. The number of hydrogen-bond acceptors (Lipinski definition) is 5. The molecule has 0 saturated heterocycles. The monoisotopic (exact) mass is 463 g/mol. The second-order valence-corrected chi connectivity index (χ2v) is 7.86. The van der Waals surface area contributed by atoms with Gasteiger partial charge in [0, 0.05) is 17.7 Å². The number of ether oxygens (including phenoxy) is 1. The molecule has 2 aromatic carbocycles. The van der Waals surface area contributed by atoms with Crippen molar-refractivity contribution in [2.75, 3.05) is 13.2 Å². The third-order valence-electron chi connectivity index (χ3n) is 5.41. The highest BCUT2D eigenvalue weighted by atomic mass is 19.1. The first-order chi connectivity index (χ1) is 16.6. The number of benzene rings is 2. The summed E-state index contributed by atoms with van der Waals surface area (Å²) in [4.78, 5) is 29.6. The highest BCUT2D eigenvalue weighted by Crippen LogP contribution is 2.13. The molecule has 0 aliphatic carbocycles. The Labute approximate surface area is 196 Å². The van der Waals surface area contributed by atoms with E-state index in [9.17, 15) is 14.0 Å². The lowest BCUT2D eigenvalue weighted by Crippen LogP contribution is -2.27. The maximum atomic E-state index is 13.9. The van der Waals surface area contributed by atoms with Gasteiger partial charge >= 0.3 is 0 Å². The summed E-state index contributed by atoms with van der Waals surface area (Å²) in [6.07, 6.45) is 4.88. The van der Waals surface area contributed by atoms with Gasteiger partial charge in [-0.3, -0.25) is 14.2 Å². The molecule has 0 unspecified atom stereocenters. The molecule has 4 rings (SSSR count). The molecule has 1 N–H and O–H groups in total. The van der Waals surface area contributed by atoms with E-state index in [1.54, 1.807) is 47.1 Å². The second-order valence-electron chi connectivity index (χ2n) is 7.86. The van der Waals surface area contributed by atoms with E-state index in [-0.39, 0.29) is 23.8 Å². The van der Waals surface area contributed by atoms with Crippen molar-refractivity contribution < 1.29 is 13.9 Å². The van der Waals surface area contributed by atoms with Gasteiger partial charge in [0.25, 0.3) is 11.5 Å². The van der Waals surface area contributed by atoms with Gasteiger partial charge in [-0.2, -0.15) is 5.10 Å². The molecule has 2 heterocycles. The van der Waals surface area contributed by atoms with Gasteiger partial charge in [-0.25, -0.2) is 14.1 Å². The molecule has 0 atom stereocenters. The van der Waals surface area contributed by atoms with Gasteiger partial charge < -0.3 is 10.1 Å². The van der Waals surface area contributed by atoms with Crippen molar-refractivity contribution in [3.8, 4) is 5.75 Å². The number of fused-ring (bicyclic) bond motifs is 1. The molecule has 34 heavy (non-hydrogen) atoms. The molecule has 176 valence electrons. The average molecular weight is 464 g/mol. The first kappa shape index (κ1) is 23.2. The van der Waals surface area contributed by atoms with Crippen LogP contribution < -0.4 is 15.6 Å². The zero-order valence-electron chi connectivity index (χ0n) is 18.9. The third-order valence-corrected chi connectivity index (χ3v) is 5.41. The van der Waals surface area contributed by atoms with E-state index in [2.05, 4.69) is 22.3 Å². The molecule has 0 aliphatic rings. The first-order valence-electron chi connectivity index (χ1n) is 11.2. The number of nitrogens with one attached hydrogen (secondary N) is 1. The SMILES string of the molecule is CCCCOc1ccc(C(=O)NCCn2ncc3c(=O)n(Cc4ccccc4F)cnc32)cc1. The van der Waals surface area contributed by atoms with Crippen LogP contribution in [0.25, 0.3) is 11.0 Å². The minimum absolute atomic E-state index is 0.0815. The maximum absolute atomic E-state index is 13.9. The lowest BCUT2D eigenvalue weighted by atomic mass is 10.2. The minimum Gasteiger partial charge on any atom is -0.494 e. The van der Waals surface area contributed by atoms with E-state index in [4.69, 9.17) is 4.74 Å². The van der Waals surface area contributed by atoms with Crippen molar-refractivity contribution >= 4 is 16.9 Å². The number of nitrogens with zero attached hydrogens (tertiary/aromatic N) is 4. The van der Waals surface area contributed by atoms with Gasteiger partial charge in [0.05, 0.1) is 25.9 Å². The Morgan fingerprint density at radius 1 is 1.15 bits per heavy atom. The predicted molar refractivity (Wildman–Crippen MR) is 126 cm³/mol. The summed E-state index contributed by atoms with van der Waals surface area (Å²) in [5, 5.41) is 7.42. The molecule has 0 fully saturated rings. The molecule has 9 heteroatoms. The van der Waals surface area contributed by atoms with E-state index in [0.29, 0.717) is 41.9 Å². The van der Waals surface area contributed by atoms with E-state index in [1.165, 1.54) is 23.2 Å². The van der Waals surface area contributed by atoms with Gasteiger partial charge in [-0.15, -0.1) is 0 Å². The Kier molecular flexibility index (Phi) is 7.31. The van der Waals surface area contributed by atoms with Crippen LogP contribution in [0.3, 0.4) is 0 Å². The van der Waals surface area contributed by atoms with E-state index in [1.807, 2.05) is 0 Å². The lowest BCUT2D eigenvalue weighted by Gasteiger charge is -2.09. The standard InChI is InChI=1S/C25H26FN5O3/c1-2-3-14-34-20-10-8-18(9-11-20)24(32)27-12-13-31-23-21(15-29-31)25(33)30(17-28-23)16-19-6-4-5-7-22(19)26/h4-11,15,17H,2-3,12-14,16H2,1H3,(H,27,32).